The maximum atomic E-state index is 13.2. The molecule has 2 aliphatic rings. The lowest BCUT2D eigenvalue weighted by molar-refractivity contribution is -0.0267. The van der Waals surface area contributed by atoms with Gasteiger partial charge in [-0.25, -0.2) is 13.8 Å². The lowest BCUT2D eigenvalue weighted by Gasteiger charge is -2.39. The van der Waals surface area contributed by atoms with Gasteiger partial charge in [0.2, 0.25) is 0 Å². The number of nitrogens with zero attached hydrogens (tertiary/aromatic N) is 5. The first-order chi connectivity index (χ1) is 13.0. The molecule has 0 amide bonds. The summed E-state index contributed by atoms with van der Waals surface area (Å²) in [5.41, 5.74) is 6.13. The van der Waals surface area contributed by atoms with Gasteiger partial charge in [-0.1, -0.05) is 12.1 Å². The number of anilines is 1. The highest BCUT2D eigenvalue weighted by Gasteiger charge is 2.44. The van der Waals surface area contributed by atoms with Crippen molar-refractivity contribution in [2.75, 3.05) is 18.0 Å². The van der Waals surface area contributed by atoms with E-state index in [0.29, 0.717) is 12.4 Å². The Morgan fingerprint density at radius 1 is 1.04 bits per heavy atom. The number of fused-ring (bicyclic) bond motifs is 1. The van der Waals surface area contributed by atoms with Crippen molar-refractivity contribution in [1.29, 1.82) is 0 Å². The van der Waals surface area contributed by atoms with Gasteiger partial charge in [0.05, 0.1) is 31.5 Å². The molecule has 0 unspecified atom stereocenters. The average molecular weight is 365 g/mol. The number of aryl methyl sites for hydroxylation is 1. The van der Waals surface area contributed by atoms with Gasteiger partial charge in [-0.2, -0.15) is 5.10 Å². The fourth-order valence-corrected chi connectivity index (χ4v) is 3.59. The van der Waals surface area contributed by atoms with Crippen molar-refractivity contribution < 1.29 is 8.78 Å². The highest BCUT2D eigenvalue weighted by molar-refractivity contribution is 6.15. The van der Waals surface area contributed by atoms with Crippen LogP contribution in [0.3, 0.4) is 0 Å². The minimum Gasteiger partial charge on any atom is -0.344 e. The molecule has 5 nitrogen and oxygen atoms in total. The summed E-state index contributed by atoms with van der Waals surface area (Å²) in [5, 5.41) is 4.23. The van der Waals surface area contributed by atoms with Crippen molar-refractivity contribution in [2.24, 2.45) is 12.0 Å². The van der Waals surface area contributed by atoms with Crippen molar-refractivity contribution in [3.63, 3.8) is 0 Å². The van der Waals surface area contributed by atoms with E-state index in [-0.39, 0.29) is 13.1 Å². The molecule has 0 bridgehead atoms. The molecule has 136 valence electrons. The summed E-state index contributed by atoms with van der Waals surface area (Å²) in [6, 6.07) is 10.0. The summed E-state index contributed by atoms with van der Waals surface area (Å²) in [4.78, 5) is 10.5. The Kier molecular flexibility index (Phi) is 3.40. The summed E-state index contributed by atoms with van der Waals surface area (Å²) in [5.74, 6) is -2.05. The van der Waals surface area contributed by atoms with E-state index >= 15 is 0 Å². The van der Waals surface area contributed by atoms with Crippen LogP contribution < -0.4 is 4.90 Å². The molecule has 1 fully saturated rings. The summed E-state index contributed by atoms with van der Waals surface area (Å²) < 4.78 is 28.1. The quantitative estimate of drug-likeness (QED) is 0.716. The van der Waals surface area contributed by atoms with Gasteiger partial charge in [0, 0.05) is 36.1 Å². The van der Waals surface area contributed by atoms with Crippen LogP contribution in [-0.2, 0) is 13.6 Å². The molecular formula is C20H17F2N5. The van der Waals surface area contributed by atoms with E-state index in [2.05, 4.69) is 33.3 Å². The molecule has 0 spiro atoms. The molecule has 27 heavy (non-hydrogen) atoms. The fraction of sp³-hybridized carbons (Fsp3) is 0.250. The third-order valence-corrected chi connectivity index (χ3v) is 5.00. The minimum atomic E-state index is -2.62. The normalized spacial score (nSPS) is 17.4. The Morgan fingerprint density at radius 3 is 2.63 bits per heavy atom. The number of hydrogen-bond acceptors (Lipinski definition) is 4. The van der Waals surface area contributed by atoms with Crippen LogP contribution in [0, 0.1) is 0 Å². The second kappa shape index (κ2) is 5.70. The number of pyridine rings is 1. The first-order valence-electron chi connectivity index (χ1n) is 8.74. The van der Waals surface area contributed by atoms with E-state index in [1.54, 1.807) is 15.8 Å². The van der Waals surface area contributed by atoms with E-state index in [9.17, 15) is 8.78 Å². The van der Waals surface area contributed by atoms with Gasteiger partial charge in [0.1, 0.15) is 5.82 Å². The van der Waals surface area contributed by atoms with Crippen LogP contribution in [0.1, 0.15) is 16.7 Å². The van der Waals surface area contributed by atoms with Gasteiger partial charge in [0.25, 0.3) is 5.92 Å². The van der Waals surface area contributed by atoms with Crippen molar-refractivity contribution in [1.82, 2.24) is 14.8 Å². The van der Waals surface area contributed by atoms with Gasteiger partial charge in [-0.3, -0.25) is 9.67 Å². The standard InChI is InChI=1S/C20H17F2N5/c1-26-10-16(9-25-26)13-2-3-15-8-24-19(17(15)6-13)14-4-5-23-18(7-14)27-11-20(21,22)12-27/h2-7,9-10H,8,11-12H2,1H3. The molecule has 0 radical (unpaired) electrons. The van der Waals surface area contributed by atoms with Gasteiger partial charge in [-0.05, 0) is 29.3 Å². The number of halogens is 2. The zero-order valence-electron chi connectivity index (χ0n) is 14.7. The monoisotopic (exact) mass is 365 g/mol. The van der Waals surface area contributed by atoms with E-state index in [1.165, 1.54) is 0 Å². The molecule has 0 aliphatic carbocycles. The van der Waals surface area contributed by atoms with Crippen LogP contribution in [0.2, 0.25) is 0 Å². The number of alkyl halides is 2. The Bertz CT molecular complexity index is 1060. The fourth-order valence-electron chi connectivity index (χ4n) is 3.59. The van der Waals surface area contributed by atoms with Gasteiger partial charge in [0.15, 0.2) is 0 Å². The van der Waals surface area contributed by atoms with Crippen LogP contribution in [0.4, 0.5) is 14.6 Å². The number of rotatable bonds is 3. The predicted molar refractivity (Wildman–Crippen MR) is 99.4 cm³/mol. The maximum Gasteiger partial charge on any atom is 0.282 e. The molecule has 5 rings (SSSR count). The second-order valence-corrected chi connectivity index (χ2v) is 7.05. The third kappa shape index (κ3) is 2.79. The SMILES string of the molecule is Cn1cc(-c2ccc3c(c2)C(c2ccnc(N4CC(F)(F)C4)c2)=NC3)cn1. The van der Waals surface area contributed by atoms with Crippen molar-refractivity contribution in [3.05, 3.63) is 65.6 Å². The van der Waals surface area contributed by atoms with Crippen LogP contribution in [0.15, 0.2) is 53.9 Å². The van der Waals surface area contributed by atoms with E-state index < -0.39 is 5.92 Å². The smallest absolute Gasteiger partial charge is 0.282 e. The van der Waals surface area contributed by atoms with E-state index in [1.807, 2.05) is 31.6 Å². The third-order valence-electron chi connectivity index (χ3n) is 5.00. The van der Waals surface area contributed by atoms with Gasteiger partial charge < -0.3 is 4.90 Å². The van der Waals surface area contributed by atoms with Crippen molar-refractivity contribution in [2.45, 2.75) is 12.5 Å². The van der Waals surface area contributed by atoms with E-state index in [0.717, 1.165) is 33.5 Å². The maximum absolute atomic E-state index is 13.2. The van der Waals surface area contributed by atoms with Crippen molar-refractivity contribution in [3.8, 4) is 11.1 Å². The molecule has 4 heterocycles. The van der Waals surface area contributed by atoms with Crippen molar-refractivity contribution >= 4 is 11.5 Å². The topological polar surface area (TPSA) is 46.3 Å². The number of aliphatic imine (C=N–C) groups is 1. The van der Waals surface area contributed by atoms with Gasteiger partial charge >= 0.3 is 0 Å². The molecule has 2 aliphatic heterocycles. The van der Waals surface area contributed by atoms with Crippen LogP contribution >= 0.6 is 0 Å². The number of benzene rings is 1. The zero-order chi connectivity index (χ0) is 18.6. The molecule has 1 saturated heterocycles. The minimum absolute atomic E-state index is 0.280. The van der Waals surface area contributed by atoms with Gasteiger partial charge in [-0.15, -0.1) is 0 Å². The molecule has 1 aromatic carbocycles. The highest BCUT2D eigenvalue weighted by atomic mass is 19.3. The Labute approximate surface area is 155 Å². The molecule has 0 saturated carbocycles. The average Bonchev–Trinajstić information content (AvgIpc) is 3.25. The highest BCUT2D eigenvalue weighted by Crippen LogP contribution is 2.33. The molecule has 2 aromatic heterocycles. The summed E-state index contributed by atoms with van der Waals surface area (Å²) >= 11 is 0. The lowest BCUT2D eigenvalue weighted by atomic mass is 9.96. The Balaban J connectivity index is 1.48. The van der Waals surface area contributed by atoms with Crippen LogP contribution in [0.25, 0.3) is 11.1 Å². The second-order valence-electron chi connectivity index (χ2n) is 7.05. The number of hydrogen-bond donors (Lipinski definition) is 0. The number of aromatic nitrogens is 3. The van der Waals surface area contributed by atoms with Crippen LogP contribution in [0.5, 0.6) is 0 Å². The van der Waals surface area contributed by atoms with Crippen LogP contribution in [-0.4, -0.2) is 39.5 Å². The Hall–Kier alpha value is -3.09. The molecular weight excluding hydrogens is 348 g/mol. The predicted octanol–water partition coefficient (Wildman–Crippen LogP) is 3.29. The molecule has 7 heteroatoms. The molecule has 0 atom stereocenters. The first kappa shape index (κ1) is 16.1. The Morgan fingerprint density at radius 2 is 1.89 bits per heavy atom. The zero-order valence-corrected chi connectivity index (χ0v) is 14.7. The van der Waals surface area contributed by atoms with E-state index in [4.69, 9.17) is 0 Å². The molecule has 0 N–H and O–H groups in total. The lowest BCUT2D eigenvalue weighted by Crippen LogP contribution is -2.56. The summed E-state index contributed by atoms with van der Waals surface area (Å²) in [6.07, 6.45) is 5.47. The largest absolute Gasteiger partial charge is 0.344 e. The first-order valence-corrected chi connectivity index (χ1v) is 8.74. The summed E-state index contributed by atoms with van der Waals surface area (Å²) in [6.45, 7) is 0.0623. The molecule has 3 aromatic rings. The summed E-state index contributed by atoms with van der Waals surface area (Å²) in [7, 11) is 1.89.